The summed E-state index contributed by atoms with van der Waals surface area (Å²) >= 11 is 1.74. The van der Waals surface area contributed by atoms with Gasteiger partial charge in [-0.1, -0.05) is 0 Å². The molecule has 2 N–H and O–H groups in total. The summed E-state index contributed by atoms with van der Waals surface area (Å²) in [7, 11) is 0. The van der Waals surface area contributed by atoms with Crippen LogP contribution < -0.4 is 5.73 Å². The molecule has 1 aromatic heterocycles. The van der Waals surface area contributed by atoms with Crippen molar-refractivity contribution in [3.8, 4) is 0 Å². The van der Waals surface area contributed by atoms with Gasteiger partial charge < -0.3 is 10.5 Å². The van der Waals surface area contributed by atoms with E-state index in [-0.39, 0.29) is 0 Å². The molecule has 0 atom stereocenters. The molecule has 0 unspecified atom stereocenters. The SMILES string of the molecule is NC1CC(OCCc2ccsc2)C1. The van der Waals surface area contributed by atoms with Crippen molar-refractivity contribution < 1.29 is 4.74 Å². The second-order valence-corrected chi connectivity index (χ2v) is 4.39. The van der Waals surface area contributed by atoms with E-state index >= 15 is 0 Å². The average molecular weight is 197 g/mol. The van der Waals surface area contributed by atoms with Gasteiger partial charge in [-0.05, 0) is 41.7 Å². The molecular formula is C10H15NOS. The molecule has 2 nitrogen and oxygen atoms in total. The molecule has 1 aliphatic rings. The Kier molecular flexibility index (Phi) is 2.98. The van der Waals surface area contributed by atoms with Gasteiger partial charge in [0.25, 0.3) is 0 Å². The second-order valence-electron chi connectivity index (χ2n) is 3.61. The van der Waals surface area contributed by atoms with Crippen LogP contribution in [0.3, 0.4) is 0 Å². The molecule has 1 heterocycles. The minimum atomic E-state index is 0.395. The Labute approximate surface area is 82.7 Å². The van der Waals surface area contributed by atoms with Gasteiger partial charge in [-0.2, -0.15) is 11.3 Å². The summed E-state index contributed by atoms with van der Waals surface area (Å²) in [6.07, 6.45) is 3.57. The predicted molar refractivity (Wildman–Crippen MR) is 55.0 cm³/mol. The maximum atomic E-state index is 5.66. The van der Waals surface area contributed by atoms with Gasteiger partial charge in [-0.3, -0.25) is 0 Å². The molecule has 3 heteroatoms. The summed E-state index contributed by atoms with van der Waals surface area (Å²) in [5.74, 6) is 0. The molecule has 1 saturated carbocycles. The smallest absolute Gasteiger partial charge is 0.0604 e. The number of ether oxygens (including phenoxy) is 1. The van der Waals surface area contributed by atoms with Crippen LogP contribution >= 0.6 is 11.3 Å². The standard InChI is InChI=1S/C10H15NOS/c11-9-5-10(6-9)12-3-1-8-2-4-13-7-8/h2,4,7,9-10H,1,3,5-6,11H2. The van der Waals surface area contributed by atoms with Gasteiger partial charge >= 0.3 is 0 Å². The number of hydrogen-bond acceptors (Lipinski definition) is 3. The van der Waals surface area contributed by atoms with Gasteiger partial charge in [0.15, 0.2) is 0 Å². The highest BCUT2D eigenvalue weighted by atomic mass is 32.1. The lowest BCUT2D eigenvalue weighted by molar-refractivity contribution is -0.00660. The molecule has 0 amide bonds. The topological polar surface area (TPSA) is 35.2 Å². The molecular weight excluding hydrogens is 182 g/mol. The van der Waals surface area contributed by atoms with Gasteiger partial charge in [-0.25, -0.2) is 0 Å². The van der Waals surface area contributed by atoms with E-state index in [1.165, 1.54) is 5.56 Å². The molecule has 1 fully saturated rings. The highest BCUT2D eigenvalue weighted by molar-refractivity contribution is 7.07. The van der Waals surface area contributed by atoms with Crippen LogP contribution in [0.2, 0.25) is 0 Å². The van der Waals surface area contributed by atoms with E-state index in [0.717, 1.165) is 25.9 Å². The van der Waals surface area contributed by atoms with E-state index < -0.39 is 0 Å². The normalized spacial score (nSPS) is 27.2. The molecule has 0 aromatic carbocycles. The second kappa shape index (κ2) is 4.22. The monoisotopic (exact) mass is 197 g/mol. The zero-order valence-corrected chi connectivity index (χ0v) is 8.43. The summed E-state index contributed by atoms with van der Waals surface area (Å²) in [6.45, 7) is 0.841. The van der Waals surface area contributed by atoms with Crippen molar-refractivity contribution >= 4 is 11.3 Å². The first-order chi connectivity index (χ1) is 6.34. The van der Waals surface area contributed by atoms with Crippen LogP contribution in [-0.2, 0) is 11.2 Å². The number of rotatable bonds is 4. The summed E-state index contributed by atoms with van der Waals surface area (Å²) in [6, 6.07) is 2.55. The maximum Gasteiger partial charge on any atom is 0.0604 e. The fraction of sp³-hybridized carbons (Fsp3) is 0.600. The van der Waals surface area contributed by atoms with Crippen LogP contribution in [0.1, 0.15) is 18.4 Å². The van der Waals surface area contributed by atoms with Crippen molar-refractivity contribution in [2.45, 2.75) is 31.4 Å². The fourth-order valence-corrected chi connectivity index (χ4v) is 2.22. The molecule has 2 rings (SSSR count). The maximum absolute atomic E-state index is 5.66. The van der Waals surface area contributed by atoms with Crippen LogP contribution in [0.5, 0.6) is 0 Å². The highest BCUT2D eigenvalue weighted by Crippen LogP contribution is 2.21. The van der Waals surface area contributed by atoms with E-state index in [1.54, 1.807) is 11.3 Å². The predicted octanol–water partition coefficient (Wildman–Crippen LogP) is 1.80. The van der Waals surface area contributed by atoms with Gasteiger partial charge in [0.1, 0.15) is 0 Å². The lowest BCUT2D eigenvalue weighted by Gasteiger charge is -2.32. The minimum Gasteiger partial charge on any atom is -0.378 e. The Morgan fingerprint density at radius 1 is 1.54 bits per heavy atom. The van der Waals surface area contributed by atoms with Crippen LogP contribution in [0.25, 0.3) is 0 Å². The van der Waals surface area contributed by atoms with Crippen LogP contribution in [0.4, 0.5) is 0 Å². The molecule has 72 valence electrons. The van der Waals surface area contributed by atoms with E-state index in [1.807, 2.05) is 0 Å². The van der Waals surface area contributed by atoms with Gasteiger partial charge in [-0.15, -0.1) is 0 Å². The number of thiophene rings is 1. The summed E-state index contributed by atoms with van der Waals surface area (Å²) in [4.78, 5) is 0. The minimum absolute atomic E-state index is 0.395. The highest BCUT2D eigenvalue weighted by Gasteiger charge is 2.26. The molecule has 0 bridgehead atoms. The number of hydrogen-bond donors (Lipinski definition) is 1. The fourth-order valence-electron chi connectivity index (χ4n) is 1.52. The van der Waals surface area contributed by atoms with Crippen LogP contribution in [0.15, 0.2) is 16.8 Å². The molecule has 1 aliphatic carbocycles. The third kappa shape index (κ3) is 2.53. The van der Waals surface area contributed by atoms with Gasteiger partial charge in [0.2, 0.25) is 0 Å². The van der Waals surface area contributed by atoms with Crippen LogP contribution in [-0.4, -0.2) is 18.8 Å². The molecule has 0 aliphatic heterocycles. The zero-order valence-electron chi connectivity index (χ0n) is 7.61. The largest absolute Gasteiger partial charge is 0.378 e. The Bertz CT molecular complexity index is 241. The quantitative estimate of drug-likeness (QED) is 0.798. The summed E-state index contributed by atoms with van der Waals surface area (Å²) < 4.78 is 5.65. The van der Waals surface area contributed by atoms with Crippen molar-refractivity contribution in [1.29, 1.82) is 0 Å². The Balaban J connectivity index is 1.59. The Hall–Kier alpha value is -0.380. The first-order valence-electron chi connectivity index (χ1n) is 4.73. The molecule has 0 spiro atoms. The van der Waals surface area contributed by atoms with Crippen molar-refractivity contribution in [3.63, 3.8) is 0 Å². The third-order valence-electron chi connectivity index (χ3n) is 2.46. The molecule has 13 heavy (non-hydrogen) atoms. The van der Waals surface area contributed by atoms with E-state index in [0.29, 0.717) is 12.1 Å². The first-order valence-corrected chi connectivity index (χ1v) is 5.67. The van der Waals surface area contributed by atoms with Crippen molar-refractivity contribution in [2.24, 2.45) is 5.73 Å². The molecule has 0 radical (unpaired) electrons. The van der Waals surface area contributed by atoms with Crippen molar-refractivity contribution in [1.82, 2.24) is 0 Å². The lowest BCUT2D eigenvalue weighted by atomic mass is 9.90. The van der Waals surface area contributed by atoms with Crippen molar-refractivity contribution in [3.05, 3.63) is 22.4 Å². The van der Waals surface area contributed by atoms with E-state index in [9.17, 15) is 0 Å². The van der Waals surface area contributed by atoms with E-state index in [2.05, 4.69) is 16.8 Å². The third-order valence-corrected chi connectivity index (χ3v) is 3.19. The van der Waals surface area contributed by atoms with E-state index in [4.69, 9.17) is 10.5 Å². The summed E-state index contributed by atoms with van der Waals surface area (Å²) in [5, 5.41) is 4.28. The lowest BCUT2D eigenvalue weighted by Crippen LogP contribution is -2.41. The van der Waals surface area contributed by atoms with Crippen LogP contribution in [0, 0.1) is 0 Å². The average Bonchev–Trinajstić information content (AvgIpc) is 2.53. The van der Waals surface area contributed by atoms with Crippen molar-refractivity contribution in [2.75, 3.05) is 6.61 Å². The van der Waals surface area contributed by atoms with Gasteiger partial charge in [0.05, 0.1) is 12.7 Å². The Morgan fingerprint density at radius 2 is 2.38 bits per heavy atom. The zero-order chi connectivity index (χ0) is 9.10. The number of nitrogens with two attached hydrogens (primary N) is 1. The molecule has 1 aromatic rings. The first kappa shape index (κ1) is 9.19. The summed E-state index contributed by atoms with van der Waals surface area (Å²) in [5.41, 5.74) is 7.04. The van der Waals surface area contributed by atoms with Gasteiger partial charge in [0, 0.05) is 6.04 Å². The molecule has 0 saturated heterocycles. The Morgan fingerprint density at radius 3 is 3.00 bits per heavy atom.